The van der Waals surface area contributed by atoms with E-state index < -0.39 is 12.1 Å². The minimum absolute atomic E-state index is 0.0983. The summed E-state index contributed by atoms with van der Waals surface area (Å²) >= 11 is 6.47. The number of halogens is 1. The molecule has 0 aliphatic carbocycles. The van der Waals surface area contributed by atoms with Gasteiger partial charge in [-0.05, 0) is 49.1 Å². The summed E-state index contributed by atoms with van der Waals surface area (Å²) in [5.74, 6) is 0.330. The van der Waals surface area contributed by atoms with Crippen LogP contribution in [0.3, 0.4) is 0 Å². The van der Waals surface area contributed by atoms with Crippen molar-refractivity contribution in [2.24, 2.45) is 4.99 Å². The summed E-state index contributed by atoms with van der Waals surface area (Å²) < 4.78 is 11.8. The summed E-state index contributed by atoms with van der Waals surface area (Å²) in [6, 6.07) is 34.2. The SMILES string of the molecule is C=CC.C=CCC.CC.CC.CCc1ccc(C(OC(=O)c2ccccc2OCC(=NC)NOC)c2ccccc2Cl)cc1.c1ccccc1. The number of hydroxylamine groups is 1. The zero-order valence-corrected chi connectivity index (χ0v) is 32.4. The van der Waals surface area contributed by atoms with Crippen molar-refractivity contribution >= 4 is 23.4 Å². The second kappa shape index (κ2) is 32.9. The Labute approximate surface area is 307 Å². The van der Waals surface area contributed by atoms with E-state index in [1.165, 1.54) is 12.7 Å². The third kappa shape index (κ3) is 20.0. The van der Waals surface area contributed by atoms with Gasteiger partial charge in [-0.1, -0.05) is 156 Å². The highest BCUT2D eigenvalue weighted by Gasteiger charge is 2.24. The predicted molar refractivity (Wildman–Crippen MR) is 215 cm³/mol. The average molecular weight is 703 g/mol. The van der Waals surface area contributed by atoms with Crippen molar-refractivity contribution in [3.05, 3.63) is 162 Å². The van der Waals surface area contributed by atoms with Crippen LogP contribution < -0.4 is 10.2 Å². The molecule has 0 saturated heterocycles. The van der Waals surface area contributed by atoms with Gasteiger partial charge in [0, 0.05) is 17.6 Å². The Balaban J connectivity index is 0. The number of amidine groups is 1. The zero-order valence-electron chi connectivity index (χ0n) is 31.6. The Bertz CT molecular complexity index is 1410. The molecule has 0 amide bonds. The standard InChI is InChI=1S/C26H27ClN2O4.C6H6.C4H8.C3H6.2C2H6/c1-4-18-13-15-19(16-14-18)25(20-9-5-7-11-22(20)27)33-26(30)21-10-6-8-12-23(21)32-17-24(28-2)29-31-3;1-2-4-6-5-3-1;1-3-4-2;1-3-2;2*1-2/h5-16,25H,4,17H2,1-3H3,(H,28,29);1-6H;3H,1,4H2,2H3;3H,1H2,2H3;2*1-2H3. The second-order valence-corrected chi connectivity index (χ2v) is 9.83. The molecular weight excluding hydrogens is 644 g/mol. The molecule has 0 bridgehead atoms. The van der Waals surface area contributed by atoms with Gasteiger partial charge in [-0.3, -0.25) is 15.3 Å². The van der Waals surface area contributed by atoms with Crippen molar-refractivity contribution in [2.45, 2.75) is 67.4 Å². The molecule has 0 aromatic heterocycles. The molecule has 0 heterocycles. The maximum Gasteiger partial charge on any atom is 0.342 e. The molecule has 0 spiro atoms. The molecule has 0 saturated carbocycles. The van der Waals surface area contributed by atoms with Crippen molar-refractivity contribution in [3.63, 3.8) is 0 Å². The number of para-hydroxylation sites is 1. The van der Waals surface area contributed by atoms with E-state index in [0.29, 0.717) is 27.7 Å². The van der Waals surface area contributed by atoms with Crippen molar-refractivity contribution in [2.75, 3.05) is 20.8 Å². The molecule has 1 N–H and O–H groups in total. The maximum atomic E-state index is 13.3. The van der Waals surface area contributed by atoms with Crippen LogP contribution in [0.4, 0.5) is 0 Å². The fourth-order valence-corrected chi connectivity index (χ4v) is 3.88. The highest BCUT2D eigenvalue weighted by atomic mass is 35.5. The van der Waals surface area contributed by atoms with Gasteiger partial charge in [0.25, 0.3) is 0 Å². The molecule has 6 nitrogen and oxygen atoms in total. The van der Waals surface area contributed by atoms with Crippen LogP contribution in [0.5, 0.6) is 5.75 Å². The third-order valence-electron chi connectivity index (χ3n) is 6.02. The van der Waals surface area contributed by atoms with Crippen LogP contribution in [-0.2, 0) is 16.0 Å². The number of aryl methyl sites for hydroxylation is 1. The highest BCUT2D eigenvalue weighted by Crippen LogP contribution is 2.33. The number of nitrogens with zero attached hydrogens (tertiary/aromatic N) is 1. The Morgan fingerprint density at radius 2 is 1.34 bits per heavy atom. The monoisotopic (exact) mass is 702 g/mol. The Hall–Kier alpha value is -4.65. The third-order valence-corrected chi connectivity index (χ3v) is 6.36. The van der Waals surface area contributed by atoms with E-state index in [-0.39, 0.29) is 6.61 Å². The van der Waals surface area contributed by atoms with E-state index in [1.807, 2.05) is 120 Å². The molecule has 0 radical (unpaired) electrons. The Kier molecular flexibility index (Phi) is 31.2. The quantitative estimate of drug-likeness (QED) is 0.0585. The molecule has 7 heteroatoms. The molecule has 0 aliphatic rings. The highest BCUT2D eigenvalue weighted by molar-refractivity contribution is 6.31. The van der Waals surface area contributed by atoms with Crippen molar-refractivity contribution in [3.8, 4) is 5.75 Å². The van der Waals surface area contributed by atoms with Crippen LogP contribution >= 0.6 is 11.6 Å². The lowest BCUT2D eigenvalue weighted by Gasteiger charge is -2.21. The summed E-state index contributed by atoms with van der Waals surface area (Å²) in [5, 5.41) is 0.522. The van der Waals surface area contributed by atoms with Gasteiger partial charge in [0.1, 0.15) is 17.9 Å². The van der Waals surface area contributed by atoms with Crippen LogP contribution in [0, 0.1) is 0 Å². The smallest absolute Gasteiger partial charge is 0.342 e. The van der Waals surface area contributed by atoms with Gasteiger partial charge >= 0.3 is 5.97 Å². The largest absolute Gasteiger partial charge is 0.485 e. The van der Waals surface area contributed by atoms with Crippen molar-refractivity contribution in [1.82, 2.24) is 5.48 Å². The predicted octanol–water partition coefficient (Wildman–Crippen LogP) is 11.9. The molecule has 0 aliphatic heterocycles. The van der Waals surface area contributed by atoms with Crippen LogP contribution in [0.1, 0.15) is 88.0 Å². The van der Waals surface area contributed by atoms with E-state index in [1.54, 1.807) is 43.5 Å². The van der Waals surface area contributed by atoms with Crippen LogP contribution in [-0.4, -0.2) is 32.6 Å². The number of carbonyl (C=O) groups excluding carboxylic acids is 1. The summed E-state index contributed by atoms with van der Waals surface area (Å²) in [5.41, 5.74) is 5.67. The summed E-state index contributed by atoms with van der Waals surface area (Å²) in [6.45, 7) is 21.0. The number of hydrogen-bond acceptors (Lipinski definition) is 5. The van der Waals surface area contributed by atoms with Crippen LogP contribution in [0.2, 0.25) is 5.02 Å². The first-order valence-electron chi connectivity index (χ1n) is 17.1. The topological polar surface area (TPSA) is 69.2 Å². The van der Waals surface area contributed by atoms with Gasteiger partial charge in [-0.2, -0.15) is 0 Å². The minimum Gasteiger partial charge on any atom is -0.485 e. The number of esters is 1. The normalized spacial score (nSPS) is 10.0. The van der Waals surface area contributed by atoms with Crippen molar-refractivity contribution in [1.29, 1.82) is 0 Å². The maximum absolute atomic E-state index is 13.3. The molecule has 4 aromatic rings. The summed E-state index contributed by atoms with van der Waals surface area (Å²) in [7, 11) is 3.10. The number of benzene rings is 4. The molecule has 50 heavy (non-hydrogen) atoms. The van der Waals surface area contributed by atoms with E-state index in [4.69, 9.17) is 25.9 Å². The van der Waals surface area contributed by atoms with E-state index in [0.717, 1.165) is 18.4 Å². The van der Waals surface area contributed by atoms with Gasteiger partial charge in [0.15, 0.2) is 11.9 Å². The number of rotatable bonds is 10. The second-order valence-electron chi connectivity index (χ2n) is 9.42. The zero-order chi connectivity index (χ0) is 38.0. The summed E-state index contributed by atoms with van der Waals surface area (Å²) in [4.78, 5) is 22.2. The lowest BCUT2D eigenvalue weighted by molar-refractivity contribution is 0.0374. The summed E-state index contributed by atoms with van der Waals surface area (Å²) in [6.07, 6.45) is 4.95. The van der Waals surface area contributed by atoms with Crippen molar-refractivity contribution < 1.29 is 19.1 Å². The fourth-order valence-electron chi connectivity index (χ4n) is 3.65. The van der Waals surface area contributed by atoms with E-state index in [9.17, 15) is 4.79 Å². The lowest BCUT2D eigenvalue weighted by Crippen LogP contribution is -2.28. The first-order chi connectivity index (χ1) is 24.4. The lowest BCUT2D eigenvalue weighted by atomic mass is 9.99. The van der Waals surface area contributed by atoms with Gasteiger partial charge < -0.3 is 9.47 Å². The average Bonchev–Trinajstić information content (AvgIpc) is 3.19. The Morgan fingerprint density at radius 1 is 0.840 bits per heavy atom. The minimum atomic E-state index is -0.673. The van der Waals surface area contributed by atoms with E-state index in [2.05, 4.69) is 37.5 Å². The number of allylic oxidation sites excluding steroid dienone is 2. The number of aliphatic imine (C=N–C) groups is 1. The Morgan fingerprint density at radius 3 is 1.80 bits per heavy atom. The van der Waals surface area contributed by atoms with E-state index >= 15 is 0 Å². The first-order valence-corrected chi connectivity index (χ1v) is 17.5. The molecule has 4 aromatic carbocycles. The van der Waals surface area contributed by atoms with Gasteiger partial charge in [-0.15, -0.1) is 13.2 Å². The van der Waals surface area contributed by atoms with Crippen LogP contribution in [0.15, 0.2) is 139 Å². The first kappa shape index (κ1) is 47.5. The number of hydrogen-bond donors (Lipinski definition) is 1. The van der Waals surface area contributed by atoms with Gasteiger partial charge in [0.2, 0.25) is 0 Å². The molecule has 272 valence electrons. The molecule has 1 unspecified atom stereocenters. The number of ether oxygens (including phenoxy) is 2. The fraction of sp³-hybridized carbons (Fsp3) is 0.302. The van der Waals surface area contributed by atoms with Crippen LogP contribution in [0.25, 0.3) is 0 Å². The van der Waals surface area contributed by atoms with Gasteiger partial charge in [0.05, 0.1) is 7.11 Å². The molecule has 0 fully saturated rings. The molecule has 4 rings (SSSR count). The molecule has 1 atom stereocenters. The number of carbonyl (C=O) groups is 1. The molecular formula is C43H59ClN2O4. The van der Waals surface area contributed by atoms with Gasteiger partial charge in [-0.25, -0.2) is 4.79 Å². The number of nitrogens with one attached hydrogen (secondary N) is 1.